The number of fused-ring (bicyclic) bond motifs is 1. The van der Waals surface area contributed by atoms with Crippen LogP contribution in [0.15, 0.2) is 48.5 Å². The minimum atomic E-state index is -0.0620. The molecule has 0 fully saturated rings. The van der Waals surface area contributed by atoms with Crippen LogP contribution in [0.2, 0.25) is 0 Å². The largest absolute Gasteiger partial charge is 0.330 e. The highest BCUT2D eigenvalue weighted by Crippen LogP contribution is 2.29. The third-order valence-electron chi connectivity index (χ3n) is 4.16. The Morgan fingerprint density at radius 2 is 1.80 bits per heavy atom. The second-order valence-corrected chi connectivity index (χ2v) is 5.85. The fourth-order valence-electron chi connectivity index (χ4n) is 2.89. The fraction of sp³-hybridized carbons (Fsp3) is 0.263. The third-order valence-corrected chi connectivity index (χ3v) is 4.16. The number of benzene rings is 2. The van der Waals surface area contributed by atoms with E-state index in [1.54, 1.807) is 24.3 Å². The van der Waals surface area contributed by atoms with Gasteiger partial charge in [0.15, 0.2) is 0 Å². The van der Waals surface area contributed by atoms with Crippen molar-refractivity contribution in [2.24, 2.45) is 5.73 Å². The number of nitrogens with zero attached hydrogens (tertiary/aromatic N) is 1. The molecule has 1 aliphatic rings. The second kappa shape index (κ2) is 8.65. The van der Waals surface area contributed by atoms with Crippen LogP contribution in [-0.4, -0.2) is 24.9 Å². The van der Waals surface area contributed by atoms with Gasteiger partial charge in [0.2, 0.25) is 5.91 Å². The van der Waals surface area contributed by atoms with Crippen molar-refractivity contribution in [2.75, 3.05) is 23.3 Å². The minimum Gasteiger partial charge on any atom is -0.330 e. The molecule has 1 heterocycles. The summed E-state index contributed by atoms with van der Waals surface area (Å²) in [5.74, 6) is -0.0750. The van der Waals surface area contributed by atoms with Crippen LogP contribution >= 0.6 is 12.4 Å². The topological polar surface area (TPSA) is 75.4 Å². The average Bonchev–Trinajstić information content (AvgIpc) is 3.04. The molecule has 0 unspecified atom stereocenters. The molecule has 0 spiro atoms. The molecule has 0 saturated carbocycles. The summed E-state index contributed by atoms with van der Waals surface area (Å²) >= 11 is 0. The molecule has 2 aromatic rings. The first kappa shape index (κ1) is 19.0. The molecule has 3 N–H and O–H groups in total. The van der Waals surface area contributed by atoms with Gasteiger partial charge in [-0.15, -0.1) is 12.4 Å². The molecular weight excluding hydrogens is 338 g/mol. The molecule has 3 rings (SSSR count). The molecule has 0 saturated heterocycles. The molecule has 0 radical (unpaired) electrons. The quantitative estimate of drug-likeness (QED) is 0.861. The predicted octanol–water partition coefficient (Wildman–Crippen LogP) is 2.99. The number of nitrogens with one attached hydrogen (secondary N) is 1. The van der Waals surface area contributed by atoms with Gasteiger partial charge in [-0.1, -0.05) is 18.2 Å². The van der Waals surface area contributed by atoms with E-state index >= 15 is 0 Å². The van der Waals surface area contributed by atoms with Gasteiger partial charge >= 0.3 is 0 Å². The van der Waals surface area contributed by atoms with Crippen LogP contribution in [0.4, 0.5) is 11.4 Å². The van der Waals surface area contributed by atoms with E-state index in [0.717, 1.165) is 12.1 Å². The first-order chi connectivity index (χ1) is 11.7. The molecule has 0 atom stereocenters. The lowest BCUT2D eigenvalue weighted by Gasteiger charge is -2.17. The first-order valence-corrected chi connectivity index (χ1v) is 8.19. The van der Waals surface area contributed by atoms with Gasteiger partial charge in [0.25, 0.3) is 5.91 Å². The number of carbonyl (C=O) groups excluding carboxylic acids is 2. The molecular formula is C19H22ClN3O2. The maximum atomic E-state index is 12.7. The number of hydrogen-bond acceptors (Lipinski definition) is 3. The van der Waals surface area contributed by atoms with Crippen molar-refractivity contribution in [1.29, 1.82) is 0 Å². The molecule has 2 amide bonds. The van der Waals surface area contributed by atoms with Crippen molar-refractivity contribution < 1.29 is 9.59 Å². The lowest BCUT2D eigenvalue weighted by atomic mass is 10.1. The summed E-state index contributed by atoms with van der Waals surface area (Å²) in [6.45, 7) is 1.20. The zero-order valence-electron chi connectivity index (χ0n) is 13.9. The lowest BCUT2D eigenvalue weighted by Crippen LogP contribution is -2.28. The summed E-state index contributed by atoms with van der Waals surface area (Å²) in [6.07, 6.45) is 1.95. The van der Waals surface area contributed by atoms with Gasteiger partial charge in [-0.25, -0.2) is 0 Å². The number of nitrogens with two attached hydrogens (primary N) is 1. The van der Waals surface area contributed by atoms with E-state index in [4.69, 9.17) is 5.73 Å². The maximum Gasteiger partial charge on any atom is 0.258 e. The van der Waals surface area contributed by atoms with Crippen LogP contribution in [0.3, 0.4) is 0 Å². The number of para-hydroxylation sites is 1. The van der Waals surface area contributed by atoms with E-state index in [1.165, 1.54) is 5.56 Å². The molecule has 0 aromatic heterocycles. The number of amides is 2. The SMILES string of the molecule is Cl.NCCCC(=O)Nc1ccc(C(=O)N2CCc3ccccc32)cc1. The Morgan fingerprint density at radius 3 is 2.52 bits per heavy atom. The smallest absolute Gasteiger partial charge is 0.258 e. The maximum absolute atomic E-state index is 12.7. The Morgan fingerprint density at radius 1 is 1.08 bits per heavy atom. The van der Waals surface area contributed by atoms with Gasteiger partial charge in [-0.3, -0.25) is 9.59 Å². The van der Waals surface area contributed by atoms with Crippen LogP contribution < -0.4 is 16.0 Å². The molecule has 0 aliphatic carbocycles. The number of rotatable bonds is 5. The van der Waals surface area contributed by atoms with E-state index in [2.05, 4.69) is 11.4 Å². The Kier molecular flexibility index (Phi) is 6.56. The zero-order chi connectivity index (χ0) is 16.9. The lowest BCUT2D eigenvalue weighted by molar-refractivity contribution is -0.116. The third kappa shape index (κ3) is 4.38. The van der Waals surface area contributed by atoms with Gasteiger partial charge in [-0.2, -0.15) is 0 Å². The van der Waals surface area contributed by atoms with Gasteiger partial charge in [0, 0.05) is 29.9 Å². The highest BCUT2D eigenvalue weighted by Gasteiger charge is 2.24. The Bertz CT molecular complexity index is 747. The summed E-state index contributed by atoms with van der Waals surface area (Å²) < 4.78 is 0. The summed E-state index contributed by atoms with van der Waals surface area (Å²) in [6, 6.07) is 15.0. The normalized spacial score (nSPS) is 12.3. The molecule has 1 aliphatic heterocycles. The highest BCUT2D eigenvalue weighted by atomic mass is 35.5. The molecule has 25 heavy (non-hydrogen) atoms. The van der Waals surface area contributed by atoms with Crippen molar-refractivity contribution in [2.45, 2.75) is 19.3 Å². The number of carbonyl (C=O) groups is 2. The second-order valence-electron chi connectivity index (χ2n) is 5.85. The van der Waals surface area contributed by atoms with Gasteiger partial charge in [-0.05, 0) is 55.3 Å². The van der Waals surface area contributed by atoms with Crippen molar-refractivity contribution in [3.63, 3.8) is 0 Å². The van der Waals surface area contributed by atoms with E-state index in [0.29, 0.717) is 37.2 Å². The Balaban J connectivity index is 0.00000225. The molecule has 5 nitrogen and oxygen atoms in total. The van der Waals surface area contributed by atoms with Gasteiger partial charge in [0.05, 0.1) is 0 Å². The van der Waals surface area contributed by atoms with E-state index in [1.807, 2.05) is 23.1 Å². The van der Waals surface area contributed by atoms with E-state index in [9.17, 15) is 9.59 Å². The number of halogens is 1. The molecule has 6 heteroatoms. The highest BCUT2D eigenvalue weighted by molar-refractivity contribution is 6.07. The van der Waals surface area contributed by atoms with Gasteiger partial charge < -0.3 is 16.0 Å². The van der Waals surface area contributed by atoms with E-state index < -0.39 is 0 Å². The summed E-state index contributed by atoms with van der Waals surface area (Å²) in [5, 5.41) is 2.81. The predicted molar refractivity (Wildman–Crippen MR) is 102 cm³/mol. The monoisotopic (exact) mass is 359 g/mol. The van der Waals surface area contributed by atoms with Crippen LogP contribution in [0, 0.1) is 0 Å². The van der Waals surface area contributed by atoms with E-state index in [-0.39, 0.29) is 24.2 Å². The summed E-state index contributed by atoms with van der Waals surface area (Å²) in [4.78, 5) is 26.2. The van der Waals surface area contributed by atoms with Gasteiger partial charge in [0.1, 0.15) is 0 Å². The van der Waals surface area contributed by atoms with Crippen molar-refractivity contribution in [3.05, 3.63) is 59.7 Å². The van der Waals surface area contributed by atoms with Crippen molar-refractivity contribution >= 4 is 35.6 Å². The van der Waals surface area contributed by atoms with Crippen molar-refractivity contribution in [1.82, 2.24) is 0 Å². The minimum absolute atomic E-state index is 0. The molecule has 132 valence electrons. The summed E-state index contributed by atoms with van der Waals surface area (Å²) in [5.41, 5.74) is 8.89. The van der Waals surface area contributed by atoms with Crippen LogP contribution in [0.5, 0.6) is 0 Å². The van der Waals surface area contributed by atoms with Crippen molar-refractivity contribution in [3.8, 4) is 0 Å². The zero-order valence-corrected chi connectivity index (χ0v) is 14.7. The molecule has 2 aromatic carbocycles. The summed E-state index contributed by atoms with van der Waals surface area (Å²) in [7, 11) is 0. The number of hydrogen-bond donors (Lipinski definition) is 2. The van der Waals surface area contributed by atoms with Crippen LogP contribution in [-0.2, 0) is 11.2 Å². The van der Waals surface area contributed by atoms with Crippen LogP contribution in [0.25, 0.3) is 0 Å². The first-order valence-electron chi connectivity index (χ1n) is 8.19. The Hall–Kier alpha value is -2.37. The average molecular weight is 360 g/mol. The fourth-order valence-corrected chi connectivity index (χ4v) is 2.89. The number of anilines is 2. The standard InChI is InChI=1S/C19H21N3O2.ClH/c20-12-3-6-18(23)21-16-9-7-15(8-10-16)19(24)22-13-11-14-4-1-2-5-17(14)22;/h1-2,4-5,7-10H,3,6,11-13,20H2,(H,21,23);1H. The van der Waals surface area contributed by atoms with Crippen LogP contribution in [0.1, 0.15) is 28.8 Å². The molecule has 0 bridgehead atoms. The Labute approximate surface area is 153 Å².